The normalized spacial score (nSPS) is 28.7. The number of halogens is 1. The second-order valence-corrected chi connectivity index (χ2v) is 6.00. The standard InChI is InChI=1S/C13H25BrN2/c14-7-6-13-5-1-2-10-16(13)12-11-15-8-3-4-9-15/h13H,1-12H2. The van der Waals surface area contributed by atoms with E-state index in [1.165, 1.54) is 71.2 Å². The average Bonchev–Trinajstić information content (AvgIpc) is 2.81. The summed E-state index contributed by atoms with van der Waals surface area (Å²) >= 11 is 3.59. The van der Waals surface area contributed by atoms with Crippen molar-refractivity contribution in [1.29, 1.82) is 0 Å². The number of alkyl halides is 1. The maximum absolute atomic E-state index is 3.59. The molecule has 2 aliphatic heterocycles. The fraction of sp³-hybridized carbons (Fsp3) is 1.00. The van der Waals surface area contributed by atoms with Gasteiger partial charge in [-0.2, -0.15) is 0 Å². The van der Waals surface area contributed by atoms with Gasteiger partial charge in [0.25, 0.3) is 0 Å². The second kappa shape index (κ2) is 6.97. The summed E-state index contributed by atoms with van der Waals surface area (Å²) in [6, 6.07) is 0.857. The van der Waals surface area contributed by atoms with Gasteiger partial charge in [0.15, 0.2) is 0 Å². The maximum atomic E-state index is 3.59. The molecule has 0 aromatic carbocycles. The van der Waals surface area contributed by atoms with Crippen LogP contribution in [0.1, 0.15) is 38.5 Å². The topological polar surface area (TPSA) is 6.48 Å². The van der Waals surface area contributed by atoms with Crippen molar-refractivity contribution in [2.45, 2.75) is 44.6 Å². The Hall–Kier alpha value is 0.400. The van der Waals surface area contributed by atoms with Gasteiger partial charge in [-0.25, -0.2) is 0 Å². The summed E-state index contributed by atoms with van der Waals surface area (Å²) in [5.74, 6) is 0. The van der Waals surface area contributed by atoms with E-state index in [9.17, 15) is 0 Å². The Kier molecular flexibility index (Phi) is 5.60. The van der Waals surface area contributed by atoms with Gasteiger partial charge in [0.05, 0.1) is 0 Å². The van der Waals surface area contributed by atoms with Crippen LogP contribution in [0.25, 0.3) is 0 Å². The van der Waals surface area contributed by atoms with Gasteiger partial charge in [-0.05, 0) is 51.7 Å². The molecule has 1 atom stereocenters. The van der Waals surface area contributed by atoms with E-state index in [0.29, 0.717) is 0 Å². The molecule has 0 aliphatic carbocycles. The summed E-state index contributed by atoms with van der Waals surface area (Å²) in [6.07, 6.45) is 8.46. The smallest absolute Gasteiger partial charge is 0.0112 e. The lowest BCUT2D eigenvalue weighted by Gasteiger charge is -2.36. The first-order valence-corrected chi connectivity index (χ1v) is 8.04. The van der Waals surface area contributed by atoms with Gasteiger partial charge in [-0.15, -0.1) is 0 Å². The molecule has 2 rings (SSSR count). The summed E-state index contributed by atoms with van der Waals surface area (Å²) in [4.78, 5) is 5.38. The van der Waals surface area contributed by atoms with Crippen molar-refractivity contribution in [3.63, 3.8) is 0 Å². The first kappa shape index (κ1) is 12.8. The lowest BCUT2D eigenvalue weighted by atomic mass is 10.0. The summed E-state index contributed by atoms with van der Waals surface area (Å²) in [5.41, 5.74) is 0. The molecule has 2 fully saturated rings. The predicted octanol–water partition coefficient (Wildman–Crippen LogP) is 2.72. The fourth-order valence-corrected chi connectivity index (χ4v) is 3.61. The van der Waals surface area contributed by atoms with E-state index in [2.05, 4.69) is 25.7 Å². The molecule has 0 N–H and O–H groups in total. The molecule has 3 heteroatoms. The number of hydrogen-bond acceptors (Lipinski definition) is 2. The Morgan fingerprint density at radius 3 is 2.44 bits per heavy atom. The third-order valence-electron chi connectivity index (χ3n) is 4.09. The number of likely N-dealkylation sites (tertiary alicyclic amines) is 2. The zero-order valence-corrected chi connectivity index (χ0v) is 11.9. The molecular formula is C13H25BrN2. The molecule has 2 nitrogen and oxygen atoms in total. The van der Waals surface area contributed by atoms with Crippen molar-refractivity contribution < 1.29 is 0 Å². The Morgan fingerprint density at radius 2 is 1.69 bits per heavy atom. The van der Waals surface area contributed by atoms with Gasteiger partial charge in [-0.1, -0.05) is 22.4 Å². The van der Waals surface area contributed by atoms with Crippen LogP contribution in [0, 0.1) is 0 Å². The van der Waals surface area contributed by atoms with Gasteiger partial charge < -0.3 is 4.90 Å². The molecule has 0 saturated carbocycles. The van der Waals surface area contributed by atoms with Gasteiger partial charge >= 0.3 is 0 Å². The first-order chi connectivity index (χ1) is 7.90. The van der Waals surface area contributed by atoms with E-state index < -0.39 is 0 Å². The second-order valence-electron chi connectivity index (χ2n) is 5.21. The lowest BCUT2D eigenvalue weighted by molar-refractivity contribution is 0.129. The highest BCUT2D eigenvalue weighted by Crippen LogP contribution is 2.20. The van der Waals surface area contributed by atoms with Gasteiger partial charge in [0.2, 0.25) is 0 Å². The quantitative estimate of drug-likeness (QED) is 0.718. The highest BCUT2D eigenvalue weighted by atomic mass is 79.9. The molecule has 2 heterocycles. The van der Waals surface area contributed by atoms with Crippen LogP contribution in [-0.2, 0) is 0 Å². The van der Waals surface area contributed by atoms with E-state index in [-0.39, 0.29) is 0 Å². The van der Waals surface area contributed by atoms with Gasteiger partial charge in [-0.3, -0.25) is 4.90 Å². The van der Waals surface area contributed by atoms with Crippen molar-refractivity contribution in [3.8, 4) is 0 Å². The Bertz CT molecular complexity index is 190. The van der Waals surface area contributed by atoms with Crippen LogP contribution in [0.2, 0.25) is 0 Å². The third kappa shape index (κ3) is 3.71. The zero-order chi connectivity index (χ0) is 11.2. The molecule has 0 amide bonds. The molecule has 0 aromatic heterocycles. The molecule has 0 radical (unpaired) electrons. The van der Waals surface area contributed by atoms with Crippen molar-refractivity contribution in [2.24, 2.45) is 0 Å². The van der Waals surface area contributed by atoms with E-state index >= 15 is 0 Å². The fourth-order valence-electron chi connectivity index (χ4n) is 3.08. The third-order valence-corrected chi connectivity index (χ3v) is 4.55. The average molecular weight is 289 g/mol. The highest BCUT2D eigenvalue weighted by Gasteiger charge is 2.22. The van der Waals surface area contributed by atoms with Crippen LogP contribution in [0.4, 0.5) is 0 Å². The van der Waals surface area contributed by atoms with E-state index in [4.69, 9.17) is 0 Å². The van der Waals surface area contributed by atoms with Crippen LogP contribution in [-0.4, -0.2) is 53.9 Å². The van der Waals surface area contributed by atoms with Gasteiger partial charge in [0.1, 0.15) is 0 Å². The van der Waals surface area contributed by atoms with Gasteiger partial charge in [0, 0.05) is 24.5 Å². The summed E-state index contributed by atoms with van der Waals surface area (Å²) in [6.45, 7) is 6.63. The molecule has 2 saturated heterocycles. The zero-order valence-electron chi connectivity index (χ0n) is 10.3. The molecule has 16 heavy (non-hydrogen) atoms. The van der Waals surface area contributed by atoms with Crippen molar-refractivity contribution >= 4 is 15.9 Å². The number of rotatable bonds is 5. The largest absolute Gasteiger partial charge is 0.302 e. The van der Waals surface area contributed by atoms with Crippen molar-refractivity contribution in [3.05, 3.63) is 0 Å². The minimum absolute atomic E-state index is 0.857. The van der Waals surface area contributed by atoms with Crippen LogP contribution in [0.3, 0.4) is 0 Å². The number of piperidine rings is 1. The molecule has 1 unspecified atom stereocenters. The molecule has 0 spiro atoms. The molecule has 2 aliphatic rings. The summed E-state index contributed by atoms with van der Waals surface area (Å²) in [5, 5.41) is 1.16. The van der Waals surface area contributed by atoms with E-state index in [0.717, 1.165) is 11.4 Å². The molecule has 94 valence electrons. The lowest BCUT2D eigenvalue weighted by Crippen LogP contribution is -2.43. The van der Waals surface area contributed by atoms with Crippen molar-refractivity contribution in [1.82, 2.24) is 9.80 Å². The highest BCUT2D eigenvalue weighted by molar-refractivity contribution is 9.09. The van der Waals surface area contributed by atoms with Crippen LogP contribution >= 0.6 is 15.9 Å². The monoisotopic (exact) mass is 288 g/mol. The van der Waals surface area contributed by atoms with Crippen LogP contribution < -0.4 is 0 Å². The number of hydrogen-bond donors (Lipinski definition) is 0. The number of nitrogens with zero attached hydrogens (tertiary/aromatic N) is 2. The van der Waals surface area contributed by atoms with E-state index in [1.807, 2.05) is 0 Å². The molecular weight excluding hydrogens is 264 g/mol. The van der Waals surface area contributed by atoms with Crippen LogP contribution in [0.5, 0.6) is 0 Å². The maximum Gasteiger partial charge on any atom is 0.0112 e. The van der Waals surface area contributed by atoms with E-state index in [1.54, 1.807) is 0 Å². The predicted molar refractivity (Wildman–Crippen MR) is 73.3 cm³/mol. The Balaban J connectivity index is 1.72. The Morgan fingerprint density at radius 1 is 0.938 bits per heavy atom. The Labute approximate surface area is 108 Å². The molecule has 0 bridgehead atoms. The summed E-state index contributed by atoms with van der Waals surface area (Å²) < 4.78 is 0. The molecule has 0 aromatic rings. The minimum atomic E-state index is 0.857. The van der Waals surface area contributed by atoms with Crippen molar-refractivity contribution in [2.75, 3.05) is 38.1 Å². The SMILES string of the molecule is BrCCC1CCCCN1CCN1CCCC1. The first-order valence-electron chi connectivity index (χ1n) is 6.92. The summed E-state index contributed by atoms with van der Waals surface area (Å²) in [7, 11) is 0. The minimum Gasteiger partial charge on any atom is -0.302 e. The van der Waals surface area contributed by atoms with Crippen LogP contribution in [0.15, 0.2) is 0 Å².